The van der Waals surface area contributed by atoms with E-state index in [1.54, 1.807) is 18.3 Å². The summed E-state index contributed by atoms with van der Waals surface area (Å²) in [4.78, 5) is 12.5. The molecule has 0 aliphatic heterocycles. The standard InChI is InChI=1S/C18H17N5O4S/c1-23-11-13(12-5-2-3-7-15(12)23)18(24)19-9-10-20-28(25,26)16-8-4-6-14-17(16)22-27-21-14/h2-8,11,20H,9-10H2,1H3,(H,19,24). The molecule has 2 heterocycles. The first kappa shape index (κ1) is 18.1. The predicted octanol–water partition coefficient (Wildman–Crippen LogP) is 1.42. The highest BCUT2D eigenvalue weighted by Gasteiger charge is 2.20. The third-order valence-electron chi connectivity index (χ3n) is 4.38. The van der Waals surface area contributed by atoms with Gasteiger partial charge >= 0.3 is 0 Å². The summed E-state index contributed by atoms with van der Waals surface area (Å²) in [7, 11) is -1.95. The lowest BCUT2D eigenvalue weighted by molar-refractivity contribution is 0.0956. The summed E-state index contributed by atoms with van der Waals surface area (Å²) >= 11 is 0. The topological polar surface area (TPSA) is 119 Å². The SMILES string of the molecule is Cn1cc(C(=O)NCCNS(=O)(=O)c2cccc3nonc23)c2ccccc21. The van der Waals surface area contributed by atoms with Crippen molar-refractivity contribution < 1.29 is 17.8 Å². The molecule has 144 valence electrons. The van der Waals surface area contributed by atoms with Gasteiger partial charge in [-0.15, -0.1) is 0 Å². The largest absolute Gasteiger partial charge is 0.351 e. The van der Waals surface area contributed by atoms with E-state index >= 15 is 0 Å². The molecule has 28 heavy (non-hydrogen) atoms. The fourth-order valence-electron chi connectivity index (χ4n) is 3.06. The second kappa shape index (κ2) is 7.06. The molecule has 0 aliphatic rings. The molecule has 0 saturated heterocycles. The van der Waals surface area contributed by atoms with Crippen LogP contribution in [0.2, 0.25) is 0 Å². The Kier molecular flexibility index (Phi) is 4.57. The van der Waals surface area contributed by atoms with E-state index in [0.717, 1.165) is 10.9 Å². The van der Waals surface area contributed by atoms with Gasteiger partial charge in [0.2, 0.25) is 10.0 Å². The maximum atomic E-state index is 12.5. The van der Waals surface area contributed by atoms with Crippen LogP contribution < -0.4 is 10.0 Å². The first-order valence-electron chi connectivity index (χ1n) is 8.50. The van der Waals surface area contributed by atoms with Gasteiger partial charge in [0.05, 0.1) is 5.56 Å². The van der Waals surface area contributed by atoms with E-state index in [-0.39, 0.29) is 29.4 Å². The Morgan fingerprint density at radius 1 is 1.11 bits per heavy atom. The molecule has 4 aromatic rings. The molecule has 0 spiro atoms. The molecule has 10 heteroatoms. The normalized spacial score (nSPS) is 11.9. The van der Waals surface area contributed by atoms with Crippen LogP contribution in [0.3, 0.4) is 0 Å². The van der Waals surface area contributed by atoms with Crippen molar-refractivity contribution in [1.82, 2.24) is 24.9 Å². The first-order valence-corrected chi connectivity index (χ1v) is 9.99. The summed E-state index contributed by atoms with van der Waals surface area (Å²) in [5, 5.41) is 10.8. The summed E-state index contributed by atoms with van der Waals surface area (Å²) < 4.78 is 33.9. The number of hydrogen-bond acceptors (Lipinski definition) is 6. The van der Waals surface area contributed by atoms with E-state index in [0.29, 0.717) is 11.1 Å². The van der Waals surface area contributed by atoms with Crippen LogP contribution in [0.1, 0.15) is 10.4 Å². The zero-order valence-corrected chi connectivity index (χ0v) is 15.7. The highest BCUT2D eigenvalue weighted by Crippen LogP contribution is 2.20. The average molecular weight is 399 g/mol. The Hall–Kier alpha value is -3.24. The van der Waals surface area contributed by atoms with Crippen molar-refractivity contribution in [3.63, 3.8) is 0 Å². The summed E-state index contributed by atoms with van der Waals surface area (Å²) in [5.74, 6) is -0.265. The molecule has 0 fully saturated rings. The predicted molar refractivity (Wildman–Crippen MR) is 102 cm³/mol. The number of nitrogens with one attached hydrogen (secondary N) is 2. The maximum absolute atomic E-state index is 12.5. The van der Waals surface area contributed by atoms with Crippen LogP contribution in [-0.2, 0) is 17.1 Å². The molecular formula is C18H17N5O4S. The highest BCUT2D eigenvalue weighted by atomic mass is 32.2. The van der Waals surface area contributed by atoms with E-state index in [1.807, 2.05) is 35.9 Å². The van der Waals surface area contributed by atoms with E-state index in [2.05, 4.69) is 25.0 Å². The molecular weight excluding hydrogens is 382 g/mol. The molecule has 0 aliphatic carbocycles. The third-order valence-corrected chi connectivity index (χ3v) is 5.88. The lowest BCUT2D eigenvalue weighted by Gasteiger charge is -2.08. The number of carbonyl (C=O) groups is 1. The van der Waals surface area contributed by atoms with Gasteiger partial charge in [-0.05, 0) is 28.5 Å². The molecule has 2 N–H and O–H groups in total. The number of para-hydroxylation sites is 1. The van der Waals surface area contributed by atoms with E-state index in [4.69, 9.17) is 0 Å². The molecule has 0 bridgehead atoms. The molecule has 0 saturated carbocycles. The van der Waals surface area contributed by atoms with Gasteiger partial charge in [0.25, 0.3) is 5.91 Å². The zero-order valence-electron chi connectivity index (χ0n) is 14.9. The first-order chi connectivity index (χ1) is 13.5. The van der Waals surface area contributed by atoms with Gasteiger partial charge in [0, 0.05) is 37.2 Å². The Morgan fingerprint density at radius 3 is 2.79 bits per heavy atom. The summed E-state index contributed by atoms with van der Waals surface area (Å²) in [5.41, 5.74) is 2.00. The van der Waals surface area contributed by atoms with Crippen LogP contribution in [0.25, 0.3) is 21.9 Å². The van der Waals surface area contributed by atoms with Crippen molar-refractivity contribution in [3.8, 4) is 0 Å². The number of hydrogen-bond donors (Lipinski definition) is 2. The maximum Gasteiger partial charge on any atom is 0.253 e. The number of aryl methyl sites for hydroxylation is 1. The van der Waals surface area contributed by atoms with Gasteiger partial charge in [-0.1, -0.05) is 24.3 Å². The molecule has 0 atom stereocenters. The lowest BCUT2D eigenvalue weighted by Crippen LogP contribution is -2.34. The minimum absolute atomic E-state index is 0.0216. The smallest absolute Gasteiger partial charge is 0.253 e. The molecule has 2 aromatic heterocycles. The fraction of sp³-hybridized carbons (Fsp3) is 0.167. The minimum atomic E-state index is -3.82. The van der Waals surface area contributed by atoms with E-state index < -0.39 is 10.0 Å². The Labute approximate surface area is 160 Å². The monoisotopic (exact) mass is 399 g/mol. The Bertz CT molecular complexity index is 1280. The summed E-state index contributed by atoms with van der Waals surface area (Å²) in [6.45, 7) is 0.162. The number of aromatic nitrogens is 3. The number of carbonyl (C=O) groups excluding carboxylic acids is 1. The van der Waals surface area contributed by atoms with Crippen molar-refractivity contribution in [2.45, 2.75) is 4.90 Å². The average Bonchev–Trinajstić information content (AvgIpc) is 3.30. The minimum Gasteiger partial charge on any atom is -0.351 e. The summed E-state index contributed by atoms with van der Waals surface area (Å²) in [6, 6.07) is 12.2. The third kappa shape index (κ3) is 3.23. The number of amides is 1. The van der Waals surface area contributed by atoms with Gasteiger partial charge in [-0.3, -0.25) is 4.79 Å². The zero-order chi connectivity index (χ0) is 19.7. The fourth-order valence-corrected chi connectivity index (χ4v) is 4.24. The van der Waals surface area contributed by atoms with Crippen molar-refractivity contribution in [3.05, 3.63) is 54.2 Å². The van der Waals surface area contributed by atoms with Gasteiger partial charge in [0.15, 0.2) is 5.52 Å². The Balaban J connectivity index is 1.41. The molecule has 4 rings (SSSR count). The van der Waals surface area contributed by atoms with E-state index in [9.17, 15) is 13.2 Å². The van der Waals surface area contributed by atoms with Crippen LogP contribution >= 0.6 is 0 Å². The van der Waals surface area contributed by atoms with Crippen LogP contribution in [0.5, 0.6) is 0 Å². The quantitative estimate of drug-likeness (QED) is 0.473. The van der Waals surface area contributed by atoms with Gasteiger partial charge < -0.3 is 9.88 Å². The number of benzene rings is 2. The molecule has 1 amide bonds. The molecule has 2 aromatic carbocycles. The molecule has 0 unspecified atom stereocenters. The van der Waals surface area contributed by atoms with Crippen LogP contribution in [0.15, 0.2) is 58.2 Å². The van der Waals surface area contributed by atoms with Gasteiger partial charge in [0.1, 0.15) is 10.4 Å². The van der Waals surface area contributed by atoms with Crippen molar-refractivity contribution >= 4 is 37.9 Å². The number of sulfonamides is 1. The van der Waals surface area contributed by atoms with Crippen molar-refractivity contribution in [2.24, 2.45) is 7.05 Å². The summed E-state index contributed by atoms with van der Waals surface area (Å²) in [6.07, 6.45) is 1.75. The highest BCUT2D eigenvalue weighted by molar-refractivity contribution is 7.89. The van der Waals surface area contributed by atoms with E-state index in [1.165, 1.54) is 6.07 Å². The van der Waals surface area contributed by atoms with Crippen molar-refractivity contribution in [1.29, 1.82) is 0 Å². The second-order valence-electron chi connectivity index (χ2n) is 6.21. The van der Waals surface area contributed by atoms with Gasteiger partial charge in [-0.2, -0.15) is 0 Å². The number of fused-ring (bicyclic) bond motifs is 2. The molecule has 0 radical (unpaired) electrons. The molecule has 9 nitrogen and oxygen atoms in total. The van der Waals surface area contributed by atoms with Crippen molar-refractivity contribution in [2.75, 3.05) is 13.1 Å². The van der Waals surface area contributed by atoms with Crippen LogP contribution in [0.4, 0.5) is 0 Å². The van der Waals surface area contributed by atoms with Crippen LogP contribution in [0, 0.1) is 0 Å². The number of nitrogens with zero attached hydrogens (tertiary/aromatic N) is 3. The van der Waals surface area contributed by atoms with Gasteiger partial charge in [-0.25, -0.2) is 17.8 Å². The second-order valence-corrected chi connectivity index (χ2v) is 7.95. The number of rotatable bonds is 6. The lowest BCUT2D eigenvalue weighted by atomic mass is 10.1. The van der Waals surface area contributed by atoms with Crippen LogP contribution in [-0.4, -0.2) is 42.3 Å². The Morgan fingerprint density at radius 2 is 1.93 bits per heavy atom.